The topological polar surface area (TPSA) is 99.0 Å². The van der Waals surface area contributed by atoms with Crippen LogP contribution in [0.4, 0.5) is 0 Å². The maximum absolute atomic E-state index is 12.1. The van der Waals surface area contributed by atoms with Gasteiger partial charge in [0.1, 0.15) is 0 Å². The second-order valence-corrected chi connectivity index (χ2v) is 7.45. The van der Waals surface area contributed by atoms with E-state index in [0.29, 0.717) is 15.9 Å². The van der Waals surface area contributed by atoms with E-state index in [4.69, 9.17) is 27.9 Å². The highest BCUT2D eigenvalue weighted by Gasteiger charge is 2.15. The molecule has 0 aliphatic carbocycles. The first kappa shape index (κ1) is 21.7. The average molecular weight is 448 g/mol. The van der Waals surface area contributed by atoms with E-state index in [9.17, 15) is 9.59 Å². The zero-order valence-corrected chi connectivity index (χ0v) is 17.8. The number of ether oxygens (including phenoxy) is 1. The van der Waals surface area contributed by atoms with E-state index in [1.165, 1.54) is 0 Å². The molecule has 0 saturated carbocycles. The summed E-state index contributed by atoms with van der Waals surface area (Å²) in [4.78, 5) is 25.2. The molecule has 1 unspecified atom stereocenters. The van der Waals surface area contributed by atoms with Crippen molar-refractivity contribution in [2.45, 2.75) is 26.4 Å². The number of nitrogens with zero attached hydrogens (tertiary/aromatic N) is 4. The first-order valence-electron chi connectivity index (χ1n) is 9.06. The number of nitrogens with one attached hydrogen (secondary N) is 1. The molecule has 2 aromatic carbocycles. The lowest BCUT2D eigenvalue weighted by Crippen LogP contribution is -2.31. The fourth-order valence-electron chi connectivity index (χ4n) is 2.58. The predicted octanol–water partition coefficient (Wildman–Crippen LogP) is 3.38. The zero-order chi connectivity index (χ0) is 21.7. The van der Waals surface area contributed by atoms with Crippen molar-refractivity contribution < 1.29 is 14.3 Å². The number of hydrogen-bond acceptors (Lipinski definition) is 6. The summed E-state index contributed by atoms with van der Waals surface area (Å²) < 4.78 is 4.99. The molecule has 0 bridgehead atoms. The van der Waals surface area contributed by atoms with Crippen molar-refractivity contribution in [2.24, 2.45) is 0 Å². The van der Waals surface area contributed by atoms with Crippen LogP contribution < -0.4 is 5.32 Å². The molecule has 1 aromatic heterocycles. The number of tetrazole rings is 1. The molecule has 30 heavy (non-hydrogen) atoms. The summed E-state index contributed by atoms with van der Waals surface area (Å²) in [5.41, 5.74) is 2.68. The molecular weight excluding hydrogens is 429 g/mol. The number of esters is 1. The molecule has 156 valence electrons. The number of halogens is 2. The Balaban J connectivity index is 1.47. The van der Waals surface area contributed by atoms with Crippen molar-refractivity contribution in [3.63, 3.8) is 0 Å². The van der Waals surface area contributed by atoms with Crippen molar-refractivity contribution in [3.8, 4) is 11.4 Å². The van der Waals surface area contributed by atoms with Crippen LogP contribution in [0.5, 0.6) is 0 Å². The normalized spacial score (nSPS) is 11.7. The van der Waals surface area contributed by atoms with Crippen molar-refractivity contribution >= 4 is 35.1 Å². The number of amides is 1. The molecule has 0 aliphatic rings. The molecule has 1 atom stereocenters. The van der Waals surface area contributed by atoms with Gasteiger partial charge in [-0.2, -0.15) is 4.80 Å². The third-order valence-electron chi connectivity index (χ3n) is 4.22. The number of carbonyl (C=O) groups is 2. The van der Waals surface area contributed by atoms with Gasteiger partial charge in [0, 0.05) is 5.56 Å². The van der Waals surface area contributed by atoms with Gasteiger partial charge in [-0.25, -0.2) is 4.79 Å². The van der Waals surface area contributed by atoms with Gasteiger partial charge in [0.2, 0.25) is 5.82 Å². The fourth-order valence-corrected chi connectivity index (χ4v) is 2.89. The van der Waals surface area contributed by atoms with Gasteiger partial charge in [0.05, 0.1) is 16.1 Å². The standard InChI is InChI=1S/C20H19Cl2N5O3/c1-12-3-5-14(6-4-12)20-24-26-27(25-20)10-19(29)30-11-18(28)23-13(2)15-7-8-16(21)17(22)9-15/h3-9,13H,10-11H2,1-2H3,(H,23,28). The first-order chi connectivity index (χ1) is 14.3. The Labute approximate surface area is 183 Å². The average Bonchev–Trinajstić information content (AvgIpc) is 3.17. The summed E-state index contributed by atoms with van der Waals surface area (Å²) in [5.74, 6) is -0.704. The third kappa shape index (κ3) is 5.77. The molecule has 0 saturated heterocycles. The SMILES string of the molecule is Cc1ccc(-c2nnn(CC(=O)OCC(=O)NC(C)c3ccc(Cl)c(Cl)c3)n2)cc1. The molecule has 0 radical (unpaired) electrons. The van der Waals surface area contributed by atoms with Gasteiger partial charge in [-0.05, 0) is 36.8 Å². The Bertz CT molecular complexity index is 1050. The van der Waals surface area contributed by atoms with E-state index >= 15 is 0 Å². The van der Waals surface area contributed by atoms with Gasteiger partial charge in [-0.1, -0.05) is 59.1 Å². The Morgan fingerprint density at radius 3 is 2.57 bits per heavy atom. The highest BCUT2D eigenvalue weighted by Crippen LogP contribution is 2.25. The van der Waals surface area contributed by atoms with Crippen LogP contribution in [0.15, 0.2) is 42.5 Å². The van der Waals surface area contributed by atoms with Crippen LogP contribution in [0.2, 0.25) is 10.0 Å². The van der Waals surface area contributed by atoms with Crippen molar-refractivity contribution in [1.29, 1.82) is 0 Å². The van der Waals surface area contributed by atoms with Crippen LogP contribution in [-0.4, -0.2) is 38.7 Å². The molecule has 1 heterocycles. The molecule has 0 spiro atoms. The van der Waals surface area contributed by atoms with Crippen molar-refractivity contribution in [1.82, 2.24) is 25.5 Å². The summed E-state index contributed by atoms with van der Waals surface area (Å²) in [7, 11) is 0. The lowest BCUT2D eigenvalue weighted by atomic mass is 10.1. The maximum Gasteiger partial charge on any atom is 0.330 e. The summed E-state index contributed by atoms with van der Waals surface area (Å²) in [6.45, 7) is 3.08. The van der Waals surface area contributed by atoms with Gasteiger partial charge >= 0.3 is 5.97 Å². The third-order valence-corrected chi connectivity index (χ3v) is 4.96. The number of hydrogen-bond donors (Lipinski definition) is 1. The van der Waals surface area contributed by atoms with Crippen LogP contribution in [0, 0.1) is 6.92 Å². The molecule has 10 heteroatoms. The van der Waals surface area contributed by atoms with Gasteiger partial charge in [-0.15, -0.1) is 10.2 Å². The fraction of sp³-hybridized carbons (Fsp3) is 0.250. The highest BCUT2D eigenvalue weighted by molar-refractivity contribution is 6.42. The molecule has 3 aromatic rings. The first-order valence-corrected chi connectivity index (χ1v) is 9.82. The van der Waals surface area contributed by atoms with Crippen molar-refractivity contribution in [2.75, 3.05) is 6.61 Å². The van der Waals surface area contributed by atoms with Crippen LogP contribution in [0.1, 0.15) is 24.1 Å². The van der Waals surface area contributed by atoms with E-state index in [0.717, 1.165) is 21.5 Å². The number of benzene rings is 2. The monoisotopic (exact) mass is 447 g/mol. The van der Waals surface area contributed by atoms with Gasteiger partial charge < -0.3 is 10.1 Å². The predicted molar refractivity (Wildman–Crippen MR) is 112 cm³/mol. The quantitative estimate of drug-likeness (QED) is 0.557. The number of aromatic nitrogens is 4. The minimum Gasteiger partial charge on any atom is -0.454 e. The summed E-state index contributed by atoms with van der Waals surface area (Å²) >= 11 is 11.9. The maximum atomic E-state index is 12.1. The molecular formula is C20H19Cl2N5O3. The second-order valence-electron chi connectivity index (χ2n) is 6.63. The Hall–Kier alpha value is -2.97. The van der Waals surface area contributed by atoms with E-state index in [-0.39, 0.29) is 12.6 Å². The molecule has 1 amide bonds. The van der Waals surface area contributed by atoms with Crippen LogP contribution in [0.25, 0.3) is 11.4 Å². The minimum absolute atomic E-state index is 0.255. The lowest BCUT2D eigenvalue weighted by molar-refractivity contribution is -0.149. The Morgan fingerprint density at radius 1 is 1.13 bits per heavy atom. The second kappa shape index (κ2) is 9.69. The van der Waals surface area contributed by atoms with Crippen LogP contribution in [-0.2, 0) is 20.9 Å². The Morgan fingerprint density at radius 2 is 1.87 bits per heavy atom. The lowest BCUT2D eigenvalue weighted by Gasteiger charge is -2.15. The van der Waals surface area contributed by atoms with Crippen LogP contribution >= 0.6 is 23.2 Å². The van der Waals surface area contributed by atoms with Gasteiger partial charge in [0.25, 0.3) is 5.91 Å². The van der Waals surface area contributed by atoms with Crippen LogP contribution in [0.3, 0.4) is 0 Å². The molecule has 0 aliphatic heterocycles. The highest BCUT2D eigenvalue weighted by atomic mass is 35.5. The smallest absolute Gasteiger partial charge is 0.330 e. The van der Waals surface area contributed by atoms with Gasteiger partial charge in [0.15, 0.2) is 13.2 Å². The molecule has 8 nitrogen and oxygen atoms in total. The van der Waals surface area contributed by atoms with Gasteiger partial charge in [-0.3, -0.25) is 4.79 Å². The van der Waals surface area contributed by atoms with E-state index < -0.39 is 18.5 Å². The molecule has 3 rings (SSSR count). The summed E-state index contributed by atoms with van der Waals surface area (Å²) in [6.07, 6.45) is 0. The number of rotatable bonds is 7. The minimum atomic E-state index is -0.653. The summed E-state index contributed by atoms with van der Waals surface area (Å²) in [6, 6.07) is 12.3. The zero-order valence-electron chi connectivity index (χ0n) is 16.3. The number of carbonyl (C=O) groups excluding carboxylic acids is 2. The Kier molecular flexibility index (Phi) is 7.02. The molecule has 0 fully saturated rings. The number of aryl methyl sites for hydroxylation is 1. The largest absolute Gasteiger partial charge is 0.454 e. The summed E-state index contributed by atoms with van der Waals surface area (Å²) in [5, 5.41) is 15.5. The van der Waals surface area contributed by atoms with E-state index in [2.05, 4.69) is 20.7 Å². The van der Waals surface area contributed by atoms with E-state index in [1.54, 1.807) is 25.1 Å². The molecule has 1 N–H and O–H groups in total. The van der Waals surface area contributed by atoms with Crippen molar-refractivity contribution in [3.05, 3.63) is 63.6 Å². The van der Waals surface area contributed by atoms with E-state index in [1.807, 2.05) is 31.2 Å².